The van der Waals surface area contributed by atoms with Gasteiger partial charge in [-0.1, -0.05) is 33.6 Å². The number of aromatic nitrogens is 2. The van der Waals surface area contributed by atoms with Gasteiger partial charge in [0.15, 0.2) is 0 Å². The number of nitrogens with two attached hydrogens (primary N) is 1. The Bertz CT molecular complexity index is 513. The van der Waals surface area contributed by atoms with E-state index in [1.165, 1.54) is 6.20 Å². The highest BCUT2D eigenvalue weighted by Crippen LogP contribution is 2.30. The molecule has 1 aromatic heterocycles. The normalized spacial score (nSPS) is 10.3. The van der Waals surface area contributed by atoms with Crippen molar-refractivity contribution in [3.05, 3.63) is 39.5 Å². The maximum atomic E-state index is 5.92. The van der Waals surface area contributed by atoms with Gasteiger partial charge in [-0.3, -0.25) is 0 Å². The summed E-state index contributed by atoms with van der Waals surface area (Å²) < 4.78 is 6.52. The zero-order valence-electron chi connectivity index (χ0n) is 8.95. The Hall–Kier alpha value is -1.33. The molecule has 17 heavy (non-hydrogen) atoms. The lowest BCUT2D eigenvalue weighted by Crippen LogP contribution is -1.98. The second-order valence-corrected chi connectivity index (χ2v) is 4.72. The van der Waals surface area contributed by atoms with Gasteiger partial charge in [0, 0.05) is 4.47 Å². The van der Waals surface area contributed by atoms with Crippen molar-refractivity contribution in [2.45, 2.75) is 6.92 Å². The van der Waals surface area contributed by atoms with Crippen LogP contribution in [0.2, 0.25) is 5.02 Å². The molecule has 0 bridgehead atoms. The molecule has 0 saturated heterocycles. The molecule has 6 heteroatoms. The molecule has 1 heterocycles. The molecule has 0 aliphatic rings. The van der Waals surface area contributed by atoms with E-state index in [-0.39, 0.29) is 11.8 Å². The van der Waals surface area contributed by atoms with Gasteiger partial charge in [0.05, 0.1) is 6.20 Å². The summed E-state index contributed by atoms with van der Waals surface area (Å²) in [5.41, 5.74) is 6.45. The third-order valence-corrected chi connectivity index (χ3v) is 2.84. The number of benzene rings is 1. The number of nitrogen functional groups attached to an aromatic ring is 1. The molecule has 88 valence electrons. The standard InChI is InChI=1S/C11H9BrClN3O/c1-6-2-3-7(12)4-9(6)17-10-8(13)5-15-11(14)16-10/h2-5H,1H3,(H2,14,15,16). The highest BCUT2D eigenvalue weighted by molar-refractivity contribution is 9.10. The van der Waals surface area contributed by atoms with Gasteiger partial charge in [-0.2, -0.15) is 4.98 Å². The average Bonchev–Trinajstić information content (AvgIpc) is 2.28. The van der Waals surface area contributed by atoms with Crippen LogP contribution in [0.5, 0.6) is 11.6 Å². The molecule has 0 amide bonds. The lowest BCUT2D eigenvalue weighted by Gasteiger charge is -2.09. The molecule has 0 saturated carbocycles. The summed E-state index contributed by atoms with van der Waals surface area (Å²) in [4.78, 5) is 7.70. The smallest absolute Gasteiger partial charge is 0.243 e. The molecule has 2 N–H and O–H groups in total. The van der Waals surface area contributed by atoms with Crippen LogP contribution < -0.4 is 10.5 Å². The number of rotatable bonds is 2. The van der Waals surface area contributed by atoms with Gasteiger partial charge in [0.25, 0.3) is 0 Å². The van der Waals surface area contributed by atoms with Gasteiger partial charge in [-0.15, -0.1) is 0 Å². The largest absolute Gasteiger partial charge is 0.437 e. The van der Waals surface area contributed by atoms with Crippen LogP contribution >= 0.6 is 27.5 Å². The van der Waals surface area contributed by atoms with Gasteiger partial charge >= 0.3 is 0 Å². The second-order valence-electron chi connectivity index (χ2n) is 3.39. The highest BCUT2D eigenvalue weighted by atomic mass is 79.9. The van der Waals surface area contributed by atoms with E-state index < -0.39 is 0 Å². The van der Waals surface area contributed by atoms with Gasteiger partial charge in [0.2, 0.25) is 11.8 Å². The first-order chi connectivity index (χ1) is 8.06. The van der Waals surface area contributed by atoms with Crippen molar-refractivity contribution in [1.82, 2.24) is 9.97 Å². The van der Waals surface area contributed by atoms with Gasteiger partial charge < -0.3 is 10.5 Å². The number of halogens is 2. The molecule has 0 radical (unpaired) electrons. The third kappa shape index (κ3) is 2.87. The number of anilines is 1. The molecule has 1 aromatic carbocycles. The van der Waals surface area contributed by atoms with Crippen LogP contribution in [0.3, 0.4) is 0 Å². The van der Waals surface area contributed by atoms with Crippen LogP contribution in [0, 0.1) is 6.92 Å². The van der Waals surface area contributed by atoms with E-state index >= 15 is 0 Å². The summed E-state index contributed by atoms with van der Waals surface area (Å²) in [5.74, 6) is 1.04. The van der Waals surface area contributed by atoms with E-state index in [0.717, 1.165) is 10.0 Å². The first-order valence-electron chi connectivity index (χ1n) is 4.78. The first-order valence-corrected chi connectivity index (χ1v) is 5.95. The topological polar surface area (TPSA) is 61.0 Å². The molecule has 2 aromatic rings. The summed E-state index contributed by atoms with van der Waals surface area (Å²) in [5, 5.41) is 0.318. The molecule has 4 nitrogen and oxygen atoms in total. The van der Waals surface area contributed by atoms with Gasteiger partial charge in [-0.05, 0) is 24.6 Å². The fraction of sp³-hybridized carbons (Fsp3) is 0.0909. The van der Waals surface area contributed by atoms with Crippen molar-refractivity contribution in [3.63, 3.8) is 0 Å². The van der Waals surface area contributed by atoms with Crippen molar-refractivity contribution >= 4 is 33.5 Å². The Morgan fingerprint density at radius 3 is 2.94 bits per heavy atom. The summed E-state index contributed by atoms with van der Waals surface area (Å²) in [6, 6.07) is 5.69. The molecular weight excluding hydrogens is 305 g/mol. The molecule has 0 aliphatic heterocycles. The van der Waals surface area contributed by atoms with Crippen LogP contribution in [-0.4, -0.2) is 9.97 Å². The number of ether oxygens (including phenoxy) is 1. The molecule has 0 unspecified atom stereocenters. The average molecular weight is 315 g/mol. The summed E-state index contributed by atoms with van der Waals surface area (Å²) >= 11 is 9.29. The zero-order valence-corrected chi connectivity index (χ0v) is 11.3. The van der Waals surface area contributed by atoms with E-state index in [9.17, 15) is 0 Å². The minimum atomic E-state index is 0.122. The van der Waals surface area contributed by atoms with E-state index in [1.54, 1.807) is 0 Å². The minimum absolute atomic E-state index is 0.122. The Morgan fingerprint density at radius 2 is 2.18 bits per heavy atom. The fourth-order valence-corrected chi connectivity index (χ4v) is 1.69. The molecule has 0 spiro atoms. The van der Waals surface area contributed by atoms with Crippen LogP contribution in [0.4, 0.5) is 5.95 Å². The van der Waals surface area contributed by atoms with Crippen molar-refractivity contribution in [2.24, 2.45) is 0 Å². The monoisotopic (exact) mass is 313 g/mol. The Morgan fingerprint density at radius 1 is 1.41 bits per heavy atom. The zero-order chi connectivity index (χ0) is 12.4. The molecule has 2 rings (SSSR count). The quantitative estimate of drug-likeness (QED) is 0.920. The molecular formula is C11H9BrClN3O. The summed E-state index contributed by atoms with van der Waals surface area (Å²) in [7, 11) is 0. The highest BCUT2D eigenvalue weighted by Gasteiger charge is 2.08. The van der Waals surface area contributed by atoms with E-state index in [0.29, 0.717) is 10.8 Å². The Labute approximate surface area is 112 Å². The number of hydrogen-bond donors (Lipinski definition) is 1. The predicted molar refractivity (Wildman–Crippen MR) is 70.4 cm³/mol. The number of hydrogen-bond acceptors (Lipinski definition) is 4. The second kappa shape index (κ2) is 4.89. The number of aryl methyl sites for hydroxylation is 1. The van der Waals surface area contributed by atoms with Crippen LogP contribution in [-0.2, 0) is 0 Å². The van der Waals surface area contributed by atoms with Crippen LogP contribution in [0.1, 0.15) is 5.56 Å². The lowest BCUT2D eigenvalue weighted by molar-refractivity contribution is 0.459. The third-order valence-electron chi connectivity index (χ3n) is 2.09. The van der Waals surface area contributed by atoms with Crippen molar-refractivity contribution < 1.29 is 4.74 Å². The fourth-order valence-electron chi connectivity index (χ4n) is 1.22. The molecule has 0 atom stereocenters. The maximum Gasteiger partial charge on any atom is 0.243 e. The van der Waals surface area contributed by atoms with Crippen molar-refractivity contribution in [1.29, 1.82) is 0 Å². The Kier molecular flexibility index (Phi) is 3.49. The molecule has 0 fully saturated rings. The lowest BCUT2D eigenvalue weighted by atomic mass is 10.2. The van der Waals surface area contributed by atoms with Crippen LogP contribution in [0.25, 0.3) is 0 Å². The van der Waals surface area contributed by atoms with Crippen molar-refractivity contribution in [3.8, 4) is 11.6 Å². The minimum Gasteiger partial charge on any atom is -0.437 e. The van der Waals surface area contributed by atoms with E-state index in [4.69, 9.17) is 22.1 Å². The first kappa shape index (κ1) is 12.1. The van der Waals surface area contributed by atoms with E-state index in [1.807, 2.05) is 25.1 Å². The van der Waals surface area contributed by atoms with Crippen molar-refractivity contribution in [2.75, 3.05) is 5.73 Å². The summed E-state index contributed by atoms with van der Waals surface area (Å²) in [6.07, 6.45) is 1.41. The SMILES string of the molecule is Cc1ccc(Br)cc1Oc1nc(N)ncc1Cl. The van der Waals surface area contributed by atoms with Gasteiger partial charge in [0.1, 0.15) is 10.8 Å². The number of nitrogens with zero attached hydrogens (tertiary/aromatic N) is 2. The van der Waals surface area contributed by atoms with E-state index in [2.05, 4.69) is 25.9 Å². The van der Waals surface area contributed by atoms with Gasteiger partial charge in [-0.25, -0.2) is 4.98 Å². The predicted octanol–water partition coefficient (Wildman–Crippen LogP) is 3.58. The summed E-state index contributed by atoms with van der Waals surface area (Å²) in [6.45, 7) is 1.93. The molecule has 0 aliphatic carbocycles. The maximum absolute atomic E-state index is 5.92. The Balaban J connectivity index is 2.37. The van der Waals surface area contributed by atoms with Crippen LogP contribution in [0.15, 0.2) is 28.9 Å².